The van der Waals surface area contributed by atoms with Crippen LogP contribution in [0.15, 0.2) is 36.4 Å². The third-order valence-electron chi connectivity index (χ3n) is 4.39. The largest absolute Gasteiger partial charge is 0.117 e. The van der Waals surface area contributed by atoms with Crippen molar-refractivity contribution in [2.75, 3.05) is 0 Å². The van der Waals surface area contributed by atoms with Crippen molar-refractivity contribution in [2.45, 2.75) is 44.9 Å². The van der Waals surface area contributed by atoms with E-state index in [-0.39, 0.29) is 5.38 Å². The first-order valence-electron chi connectivity index (χ1n) is 7.45. The molecule has 0 radical (unpaired) electrons. The quantitative estimate of drug-likeness (QED) is 0.670. The van der Waals surface area contributed by atoms with Crippen LogP contribution in [0.3, 0.4) is 0 Å². The van der Waals surface area contributed by atoms with Crippen molar-refractivity contribution in [1.82, 2.24) is 0 Å². The molecular formula is C19H21Cl. The molecule has 1 unspecified atom stereocenters. The maximum Gasteiger partial charge on any atom is 0.0625 e. The van der Waals surface area contributed by atoms with Crippen LogP contribution >= 0.6 is 11.6 Å². The summed E-state index contributed by atoms with van der Waals surface area (Å²) < 4.78 is 0. The summed E-state index contributed by atoms with van der Waals surface area (Å²) >= 11 is 6.67. The van der Waals surface area contributed by atoms with Crippen LogP contribution in [0.4, 0.5) is 0 Å². The minimum absolute atomic E-state index is 0.0707. The van der Waals surface area contributed by atoms with E-state index in [9.17, 15) is 0 Å². The van der Waals surface area contributed by atoms with Gasteiger partial charge in [-0.05, 0) is 67.3 Å². The van der Waals surface area contributed by atoms with E-state index in [1.165, 1.54) is 52.6 Å². The number of hydrogen-bond donors (Lipinski definition) is 0. The molecule has 0 heterocycles. The lowest BCUT2D eigenvalue weighted by Crippen LogP contribution is -1.99. The summed E-state index contributed by atoms with van der Waals surface area (Å²) in [6.07, 6.45) is 4.66. The van der Waals surface area contributed by atoms with Crippen LogP contribution in [0.1, 0.15) is 45.2 Å². The van der Waals surface area contributed by atoms with Crippen LogP contribution in [0.2, 0.25) is 0 Å². The molecule has 0 spiro atoms. The number of aryl methyl sites for hydroxylation is 4. The fraction of sp³-hybridized carbons (Fsp3) is 0.368. The molecule has 2 aromatic carbocycles. The maximum absolute atomic E-state index is 6.67. The molecule has 1 atom stereocenters. The zero-order valence-electron chi connectivity index (χ0n) is 12.2. The molecule has 0 saturated heterocycles. The molecule has 1 aliphatic carbocycles. The Morgan fingerprint density at radius 3 is 2.65 bits per heavy atom. The zero-order valence-corrected chi connectivity index (χ0v) is 13.0. The number of fused-ring (bicyclic) bond motifs is 1. The van der Waals surface area contributed by atoms with Crippen molar-refractivity contribution in [3.8, 4) is 0 Å². The molecule has 0 bridgehead atoms. The van der Waals surface area contributed by atoms with E-state index in [0.717, 1.165) is 6.42 Å². The van der Waals surface area contributed by atoms with Crippen molar-refractivity contribution in [1.29, 1.82) is 0 Å². The number of halogens is 1. The van der Waals surface area contributed by atoms with E-state index in [0.29, 0.717) is 0 Å². The van der Waals surface area contributed by atoms with Crippen LogP contribution in [-0.2, 0) is 19.3 Å². The summed E-state index contributed by atoms with van der Waals surface area (Å²) in [5.74, 6) is 0. The Hall–Kier alpha value is -1.27. The molecule has 0 fully saturated rings. The van der Waals surface area contributed by atoms with E-state index < -0.39 is 0 Å². The molecule has 0 aliphatic heterocycles. The lowest BCUT2D eigenvalue weighted by atomic mass is 9.97. The van der Waals surface area contributed by atoms with Crippen molar-refractivity contribution in [3.05, 3.63) is 69.8 Å². The van der Waals surface area contributed by atoms with Gasteiger partial charge in [0.1, 0.15) is 0 Å². The van der Waals surface area contributed by atoms with Gasteiger partial charge in [-0.25, -0.2) is 0 Å². The second-order valence-electron chi connectivity index (χ2n) is 5.98. The van der Waals surface area contributed by atoms with Gasteiger partial charge in [0.2, 0.25) is 0 Å². The van der Waals surface area contributed by atoms with Gasteiger partial charge in [-0.1, -0.05) is 42.0 Å². The maximum atomic E-state index is 6.67. The molecule has 0 saturated carbocycles. The van der Waals surface area contributed by atoms with Gasteiger partial charge in [0, 0.05) is 0 Å². The summed E-state index contributed by atoms with van der Waals surface area (Å²) in [6.45, 7) is 4.31. The SMILES string of the molecule is Cc1ccc(C)c(CC(Cl)c2ccc3c(c2)CCC3)c1. The molecule has 0 nitrogen and oxygen atoms in total. The molecule has 0 aromatic heterocycles. The van der Waals surface area contributed by atoms with Gasteiger partial charge in [0.05, 0.1) is 5.38 Å². The summed E-state index contributed by atoms with van der Waals surface area (Å²) in [7, 11) is 0. The second kappa shape index (κ2) is 5.61. The number of alkyl halides is 1. The van der Waals surface area contributed by atoms with E-state index in [2.05, 4.69) is 50.2 Å². The fourth-order valence-corrected chi connectivity index (χ4v) is 3.42. The molecule has 0 N–H and O–H groups in total. The summed E-state index contributed by atoms with van der Waals surface area (Å²) in [6, 6.07) is 13.4. The van der Waals surface area contributed by atoms with Crippen molar-refractivity contribution in [2.24, 2.45) is 0 Å². The smallest absolute Gasteiger partial charge is 0.0625 e. The average molecular weight is 285 g/mol. The highest BCUT2D eigenvalue weighted by molar-refractivity contribution is 6.20. The third kappa shape index (κ3) is 2.76. The minimum Gasteiger partial charge on any atom is -0.117 e. The highest BCUT2D eigenvalue weighted by Crippen LogP contribution is 2.31. The molecule has 104 valence electrons. The second-order valence-corrected chi connectivity index (χ2v) is 6.51. The van der Waals surface area contributed by atoms with Crippen LogP contribution in [-0.4, -0.2) is 0 Å². The predicted octanol–water partition coefficient (Wildman–Crippen LogP) is 5.31. The normalized spacial score (nSPS) is 15.2. The molecular weight excluding hydrogens is 264 g/mol. The van der Waals surface area contributed by atoms with Gasteiger partial charge in [0.25, 0.3) is 0 Å². The van der Waals surface area contributed by atoms with E-state index in [1.807, 2.05) is 0 Å². The fourth-order valence-electron chi connectivity index (χ4n) is 3.12. The molecule has 20 heavy (non-hydrogen) atoms. The average Bonchev–Trinajstić information content (AvgIpc) is 2.90. The highest BCUT2D eigenvalue weighted by Gasteiger charge is 2.15. The monoisotopic (exact) mass is 284 g/mol. The predicted molar refractivity (Wildman–Crippen MR) is 86.7 cm³/mol. The Bertz CT molecular complexity index is 628. The van der Waals surface area contributed by atoms with Gasteiger partial charge in [-0.15, -0.1) is 11.6 Å². The minimum atomic E-state index is 0.0707. The summed E-state index contributed by atoms with van der Waals surface area (Å²) in [5.41, 5.74) is 8.31. The summed E-state index contributed by atoms with van der Waals surface area (Å²) in [4.78, 5) is 0. The lowest BCUT2D eigenvalue weighted by Gasteiger charge is -2.14. The van der Waals surface area contributed by atoms with Gasteiger partial charge in [0.15, 0.2) is 0 Å². The van der Waals surface area contributed by atoms with Crippen molar-refractivity contribution >= 4 is 11.6 Å². The zero-order chi connectivity index (χ0) is 14.1. The first-order chi connectivity index (χ1) is 9.63. The number of hydrogen-bond acceptors (Lipinski definition) is 0. The standard InChI is InChI=1S/C19H21Cl/c1-13-6-7-14(2)18(10-13)12-19(20)17-9-8-15-4-3-5-16(15)11-17/h6-11,19H,3-5,12H2,1-2H3. The molecule has 2 aromatic rings. The Morgan fingerprint density at radius 2 is 1.80 bits per heavy atom. The van der Waals surface area contributed by atoms with Crippen LogP contribution in [0.25, 0.3) is 0 Å². The van der Waals surface area contributed by atoms with E-state index >= 15 is 0 Å². The van der Waals surface area contributed by atoms with Gasteiger partial charge >= 0.3 is 0 Å². The van der Waals surface area contributed by atoms with Crippen molar-refractivity contribution < 1.29 is 0 Å². The van der Waals surface area contributed by atoms with Crippen LogP contribution in [0.5, 0.6) is 0 Å². The lowest BCUT2D eigenvalue weighted by molar-refractivity contribution is 0.900. The Balaban J connectivity index is 1.82. The highest BCUT2D eigenvalue weighted by atomic mass is 35.5. The number of benzene rings is 2. The van der Waals surface area contributed by atoms with Crippen molar-refractivity contribution in [3.63, 3.8) is 0 Å². The Labute approximate surface area is 126 Å². The third-order valence-corrected chi connectivity index (χ3v) is 4.79. The van der Waals surface area contributed by atoms with Gasteiger partial charge < -0.3 is 0 Å². The van der Waals surface area contributed by atoms with E-state index in [1.54, 1.807) is 0 Å². The number of rotatable bonds is 3. The molecule has 0 amide bonds. The van der Waals surface area contributed by atoms with Crippen LogP contribution < -0.4 is 0 Å². The molecule has 1 aliphatic rings. The molecule has 1 heteroatoms. The van der Waals surface area contributed by atoms with E-state index in [4.69, 9.17) is 11.6 Å². The first-order valence-corrected chi connectivity index (χ1v) is 7.89. The summed E-state index contributed by atoms with van der Waals surface area (Å²) in [5, 5.41) is 0.0707. The first kappa shape index (κ1) is 13.7. The van der Waals surface area contributed by atoms with Crippen LogP contribution in [0, 0.1) is 13.8 Å². The Kier molecular flexibility index (Phi) is 3.85. The Morgan fingerprint density at radius 1 is 1.00 bits per heavy atom. The molecule has 3 rings (SSSR count). The van der Waals surface area contributed by atoms with Gasteiger partial charge in [-0.3, -0.25) is 0 Å². The van der Waals surface area contributed by atoms with Gasteiger partial charge in [-0.2, -0.15) is 0 Å². The topological polar surface area (TPSA) is 0 Å².